The van der Waals surface area contributed by atoms with Gasteiger partial charge in [0.05, 0.1) is 43.0 Å². The highest BCUT2D eigenvalue weighted by atomic mass is 32.2. The smallest absolute Gasteiger partial charge is 0.154 e. The van der Waals surface area contributed by atoms with Gasteiger partial charge < -0.3 is 20.3 Å². The predicted molar refractivity (Wildman–Crippen MR) is 122 cm³/mol. The quantitative estimate of drug-likeness (QED) is 0.722. The van der Waals surface area contributed by atoms with Crippen LogP contribution < -0.4 is 26.2 Å². The van der Waals surface area contributed by atoms with E-state index in [0.29, 0.717) is 56.0 Å². The minimum absolute atomic E-state index is 0.236. The summed E-state index contributed by atoms with van der Waals surface area (Å²) in [6.07, 6.45) is 0. The van der Waals surface area contributed by atoms with Gasteiger partial charge >= 0.3 is 0 Å². The molecule has 0 amide bonds. The fraction of sp³-hybridized carbons (Fsp3) is 0.500. The van der Waals surface area contributed by atoms with Gasteiger partial charge in [-0.15, -0.1) is 0 Å². The minimum Gasteiger partial charge on any atom is -0.378 e. The molecular formula is C22H27FN6OS. The summed E-state index contributed by atoms with van der Waals surface area (Å²) in [5.74, 6) is 1.62. The first-order valence-corrected chi connectivity index (χ1v) is 11.9. The lowest BCUT2D eigenvalue weighted by Gasteiger charge is -2.29. The van der Waals surface area contributed by atoms with Crippen LogP contribution in [0.4, 0.5) is 15.9 Å². The molecule has 0 saturated carbocycles. The van der Waals surface area contributed by atoms with Crippen LogP contribution >= 0.6 is 11.8 Å². The third-order valence-corrected chi connectivity index (χ3v) is 6.97. The van der Waals surface area contributed by atoms with Crippen LogP contribution in [-0.4, -0.2) is 75.0 Å². The van der Waals surface area contributed by atoms with Crippen molar-refractivity contribution in [2.45, 2.75) is 5.25 Å². The third-order valence-electron chi connectivity index (χ3n) is 5.72. The van der Waals surface area contributed by atoms with Crippen molar-refractivity contribution in [1.29, 1.82) is 0 Å². The van der Waals surface area contributed by atoms with Crippen molar-refractivity contribution in [3.8, 4) is 11.3 Å². The van der Waals surface area contributed by atoms with E-state index in [1.807, 2.05) is 34.9 Å². The fourth-order valence-electron chi connectivity index (χ4n) is 4.09. The molecule has 2 saturated heterocycles. The second kappa shape index (κ2) is 9.50. The zero-order valence-electron chi connectivity index (χ0n) is 17.4. The number of anilines is 2. The van der Waals surface area contributed by atoms with Crippen LogP contribution in [0.15, 0.2) is 34.3 Å². The summed E-state index contributed by atoms with van der Waals surface area (Å²) in [5, 5.41) is 9.05. The fourth-order valence-corrected chi connectivity index (χ4v) is 5.13. The van der Waals surface area contributed by atoms with E-state index in [2.05, 4.69) is 20.6 Å². The topological polar surface area (TPSA) is 74.1 Å². The number of nitrogens with one attached hydrogen (secondary N) is 2. The number of nitrogens with zero attached hydrogens (tertiary/aromatic N) is 4. The maximum absolute atomic E-state index is 15.0. The lowest BCUT2D eigenvalue weighted by atomic mass is 10.1. The molecule has 1 aromatic carbocycles. The summed E-state index contributed by atoms with van der Waals surface area (Å²) in [5.41, 5.74) is 2.07. The number of benzene rings is 1. The lowest BCUT2D eigenvalue weighted by molar-refractivity contribution is 0.122. The van der Waals surface area contributed by atoms with Gasteiger partial charge in [-0.25, -0.2) is 9.37 Å². The number of ether oxygens (including phenoxy) is 1. The molecular weight excluding hydrogens is 415 g/mol. The Morgan fingerprint density at radius 2 is 2.06 bits per heavy atom. The summed E-state index contributed by atoms with van der Waals surface area (Å²) < 4.78 is 20.4. The van der Waals surface area contributed by atoms with Crippen LogP contribution in [0.3, 0.4) is 0 Å². The Kier molecular flexibility index (Phi) is 6.33. The Labute approximate surface area is 185 Å². The van der Waals surface area contributed by atoms with E-state index in [9.17, 15) is 4.39 Å². The first kappa shape index (κ1) is 20.7. The van der Waals surface area contributed by atoms with E-state index in [1.54, 1.807) is 6.07 Å². The molecule has 5 rings (SSSR count). The summed E-state index contributed by atoms with van der Waals surface area (Å²) >= 11 is 1.97. The molecule has 2 fully saturated rings. The molecule has 9 heteroatoms. The molecule has 7 nitrogen and oxygen atoms in total. The van der Waals surface area contributed by atoms with Crippen LogP contribution in [0, 0.1) is 5.82 Å². The number of thioether (sulfide) groups is 1. The molecule has 1 unspecified atom stereocenters. The first-order chi connectivity index (χ1) is 15.3. The summed E-state index contributed by atoms with van der Waals surface area (Å²) in [6, 6.07) is 7.27. The Bertz CT molecular complexity index is 1050. The normalized spacial score (nSPS) is 21.1. The molecule has 1 aromatic heterocycles. The molecule has 0 spiro atoms. The molecule has 0 bridgehead atoms. The number of halogens is 1. The van der Waals surface area contributed by atoms with Gasteiger partial charge in [0.2, 0.25) is 0 Å². The van der Waals surface area contributed by atoms with Gasteiger partial charge in [-0.05, 0) is 18.2 Å². The first-order valence-electron chi connectivity index (χ1n) is 10.9. The van der Waals surface area contributed by atoms with Crippen LogP contribution in [0.2, 0.25) is 0 Å². The zero-order valence-corrected chi connectivity index (χ0v) is 18.3. The van der Waals surface area contributed by atoms with Gasteiger partial charge in [-0.1, -0.05) is 6.07 Å². The van der Waals surface area contributed by atoms with Crippen LogP contribution in [0.1, 0.15) is 0 Å². The lowest BCUT2D eigenvalue weighted by Crippen LogP contribution is -2.39. The second-order valence-electron chi connectivity index (χ2n) is 7.83. The van der Waals surface area contributed by atoms with Crippen molar-refractivity contribution >= 4 is 23.3 Å². The average molecular weight is 443 g/mol. The molecule has 0 radical (unpaired) electrons. The number of fused-ring (bicyclic) bond motifs is 1. The number of morpholine rings is 1. The Morgan fingerprint density at radius 1 is 1.19 bits per heavy atom. The number of aromatic nitrogens is 1. The molecule has 31 heavy (non-hydrogen) atoms. The van der Waals surface area contributed by atoms with Crippen molar-refractivity contribution in [1.82, 2.24) is 10.3 Å². The molecule has 164 valence electrons. The third kappa shape index (κ3) is 4.68. The SMILES string of the molecule is Fc1cc(-c2cc3c(c(NCC4CNCCS4)n2)=NCCN=3)ccc1N1CCOCC1. The highest BCUT2D eigenvalue weighted by molar-refractivity contribution is 8.00. The molecule has 2 N–H and O–H groups in total. The Morgan fingerprint density at radius 3 is 2.87 bits per heavy atom. The van der Waals surface area contributed by atoms with Crippen molar-refractivity contribution < 1.29 is 9.13 Å². The number of pyridine rings is 1. The van der Waals surface area contributed by atoms with E-state index in [1.165, 1.54) is 0 Å². The highest BCUT2D eigenvalue weighted by Crippen LogP contribution is 2.26. The van der Waals surface area contributed by atoms with Gasteiger partial charge in [0, 0.05) is 49.3 Å². The average Bonchev–Trinajstić information content (AvgIpc) is 2.83. The van der Waals surface area contributed by atoms with Crippen molar-refractivity contribution in [3.05, 3.63) is 40.8 Å². The van der Waals surface area contributed by atoms with E-state index >= 15 is 0 Å². The van der Waals surface area contributed by atoms with E-state index in [4.69, 9.17) is 9.72 Å². The molecule has 0 aliphatic carbocycles. The van der Waals surface area contributed by atoms with Crippen molar-refractivity contribution in [3.63, 3.8) is 0 Å². The van der Waals surface area contributed by atoms with Gasteiger partial charge in [-0.2, -0.15) is 11.8 Å². The van der Waals surface area contributed by atoms with Gasteiger partial charge in [0.1, 0.15) is 11.2 Å². The maximum Gasteiger partial charge on any atom is 0.154 e. The number of hydrogen-bond acceptors (Lipinski definition) is 8. The van der Waals surface area contributed by atoms with Gasteiger partial charge in [0.15, 0.2) is 5.82 Å². The van der Waals surface area contributed by atoms with Crippen LogP contribution in [0.25, 0.3) is 11.3 Å². The highest BCUT2D eigenvalue weighted by Gasteiger charge is 2.18. The molecule has 3 aliphatic rings. The second-order valence-corrected chi connectivity index (χ2v) is 9.24. The van der Waals surface area contributed by atoms with E-state index in [0.717, 1.165) is 47.5 Å². The number of hydrogen-bond donors (Lipinski definition) is 2. The molecule has 3 aliphatic heterocycles. The van der Waals surface area contributed by atoms with E-state index < -0.39 is 0 Å². The maximum atomic E-state index is 15.0. The summed E-state index contributed by atoms with van der Waals surface area (Å²) in [4.78, 5) is 16.1. The van der Waals surface area contributed by atoms with Crippen LogP contribution in [-0.2, 0) is 4.74 Å². The monoisotopic (exact) mass is 442 g/mol. The Hall–Kier alpha value is -2.23. The summed E-state index contributed by atoms with van der Waals surface area (Å²) in [7, 11) is 0. The number of rotatable bonds is 5. The molecule has 1 atom stereocenters. The molecule has 2 aromatic rings. The van der Waals surface area contributed by atoms with Gasteiger partial charge in [-0.3, -0.25) is 9.98 Å². The largest absolute Gasteiger partial charge is 0.378 e. The minimum atomic E-state index is -0.236. The Balaban J connectivity index is 1.44. The van der Waals surface area contributed by atoms with Crippen LogP contribution in [0.5, 0.6) is 0 Å². The summed E-state index contributed by atoms with van der Waals surface area (Å²) in [6.45, 7) is 6.85. The zero-order chi connectivity index (χ0) is 21.0. The van der Waals surface area contributed by atoms with Crippen molar-refractivity contribution in [2.24, 2.45) is 9.98 Å². The van der Waals surface area contributed by atoms with Gasteiger partial charge in [0.25, 0.3) is 0 Å². The standard InChI is InChI=1S/C22H27FN6OS/c23-17-11-15(1-2-20(17)29-6-8-30-9-7-29)18-12-19-21(26-4-3-25-19)22(28-18)27-14-16-13-24-5-10-31-16/h1-2,11-12,16,24H,3-10,13-14H2,(H,27,28). The van der Waals surface area contributed by atoms with E-state index in [-0.39, 0.29) is 5.82 Å². The predicted octanol–water partition coefficient (Wildman–Crippen LogP) is 1.09. The molecule has 4 heterocycles. The van der Waals surface area contributed by atoms with Crippen molar-refractivity contribution in [2.75, 3.05) is 75.0 Å².